The number of hydrogen-bond donors (Lipinski definition) is 2. The van der Waals surface area contributed by atoms with Crippen LogP contribution in [-0.2, 0) is 25.9 Å². The van der Waals surface area contributed by atoms with Gasteiger partial charge in [-0.15, -0.1) is 0 Å². The maximum atomic E-state index is 13.5. The Morgan fingerprint density at radius 2 is 1.59 bits per heavy atom. The van der Waals surface area contributed by atoms with Crippen LogP contribution in [-0.4, -0.2) is 67.8 Å². The van der Waals surface area contributed by atoms with Gasteiger partial charge in [0.2, 0.25) is 10.0 Å². The number of ether oxygens (including phenoxy) is 2. The number of aliphatic hydroxyl groups excluding tert-OH is 1. The molecular weight excluding hydrogens is 496 g/mol. The quantitative estimate of drug-likeness (QED) is 0.422. The molecule has 1 amide bonds. The van der Waals surface area contributed by atoms with Crippen LogP contribution < -0.4 is 5.32 Å². The number of amides is 1. The highest BCUT2D eigenvalue weighted by atomic mass is 32.2. The van der Waals surface area contributed by atoms with E-state index in [0.717, 1.165) is 5.56 Å². The lowest BCUT2D eigenvalue weighted by molar-refractivity contribution is 0.0399. The average molecular weight is 535 g/mol. The van der Waals surface area contributed by atoms with E-state index < -0.39 is 39.8 Å². The minimum Gasteiger partial charge on any atom is -0.465 e. The molecule has 0 bridgehead atoms. The SMILES string of the molecule is COC(=O)c1ccc(S(=O)(=O)N(CC(C)C)CC(O)[C@H](Cc2ccccc2)NC(=O)OC(C)(C)C)cc1. The number of nitrogens with zero attached hydrogens (tertiary/aromatic N) is 1. The number of methoxy groups -OCH3 is 1. The molecule has 9 nitrogen and oxygen atoms in total. The van der Waals surface area contributed by atoms with Gasteiger partial charge in [-0.25, -0.2) is 18.0 Å². The standard InChI is InChI=1S/C27H38N2O7S/c1-19(2)17-29(37(33,34)22-14-12-21(13-15-22)25(31)35-6)18-24(30)23(16-20-10-8-7-9-11-20)28-26(32)36-27(3,4)5/h7-15,19,23-24,30H,16-18H2,1-6H3,(H,28,32)/t23-,24?/m0/s1. The predicted molar refractivity (Wildman–Crippen MR) is 141 cm³/mol. The van der Waals surface area contributed by atoms with Crippen LogP contribution in [0.2, 0.25) is 0 Å². The van der Waals surface area contributed by atoms with Crippen molar-refractivity contribution in [2.24, 2.45) is 5.92 Å². The molecule has 2 atom stereocenters. The zero-order valence-corrected chi connectivity index (χ0v) is 23.1. The number of carbonyl (C=O) groups excluding carboxylic acids is 2. The third-order valence-corrected chi connectivity index (χ3v) is 7.18. The van der Waals surface area contributed by atoms with E-state index in [-0.39, 0.29) is 35.9 Å². The van der Waals surface area contributed by atoms with Crippen molar-refractivity contribution in [1.82, 2.24) is 9.62 Å². The van der Waals surface area contributed by atoms with Crippen LogP contribution in [0.5, 0.6) is 0 Å². The van der Waals surface area contributed by atoms with E-state index in [1.54, 1.807) is 20.8 Å². The fraction of sp³-hybridized carbons (Fsp3) is 0.481. The molecule has 0 saturated heterocycles. The number of sulfonamides is 1. The van der Waals surface area contributed by atoms with Gasteiger partial charge in [-0.3, -0.25) is 0 Å². The largest absolute Gasteiger partial charge is 0.465 e. The summed E-state index contributed by atoms with van der Waals surface area (Å²) in [6.45, 7) is 8.83. The molecule has 0 aromatic heterocycles. The molecule has 2 aromatic carbocycles. The van der Waals surface area contributed by atoms with Gasteiger partial charge < -0.3 is 19.9 Å². The van der Waals surface area contributed by atoms with Crippen LogP contribution in [0.4, 0.5) is 4.79 Å². The minimum atomic E-state index is -4.03. The molecule has 0 fully saturated rings. The van der Waals surface area contributed by atoms with Crippen molar-refractivity contribution in [3.8, 4) is 0 Å². The lowest BCUT2D eigenvalue weighted by Crippen LogP contribution is -2.51. The molecule has 0 saturated carbocycles. The van der Waals surface area contributed by atoms with Crippen molar-refractivity contribution in [1.29, 1.82) is 0 Å². The van der Waals surface area contributed by atoms with Crippen molar-refractivity contribution in [2.45, 2.75) is 63.7 Å². The third kappa shape index (κ3) is 9.46. The second-order valence-corrected chi connectivity index (χ2v) is 12.2. The Labute approximate surface area is 219 Å². The Balaban J connectivity index is 2.33. The Kier molecular flexibility index (Phi) is 10.7. The maximum absolute atomic E-state index is 13.5. The summed E-state index contributed by atoms with van der Waals surface area (Å²) in [5.41, 5.74) is 0.344. The number of alkyl carbamates (subject to hydrolysis) is 1. The summed E-state index contributed by atoms with van der Waals surface area (Å²) in [6.07, 6.45) is -1.68. The third-order valence-electron chi connectivity index (χ3n) is 5.34. The first-order valence-corrected chi connectivity index (χ1v) is 13.6. The average Bonchev–Trinajstić information content (AvgIpc) is 2.82. The summed E-state index contributed by atoms with van der Waals surface area (Å²) < 4.78 is 38.3. The molecular formula is C27H38N2O7S. The summed E-state index contributed by atoms with van der Waals surface area (Å²) in [5, 5.41) is 13.9. The molecule has 0 aliphatic rings. The number of carbonyl (C=O) groups is 2. The maximum Gasteiger partial charge on any atom is 0.407 e. The van der Waals surface area contributed by atoms with Gasteiger partial charge in [0.25, 0.3) is 0 Å². The van der Waals surface area contributed by atoms with Crippen LogP contribution in [0.15, 0.2) is 59.5 Å². The van der Waals surface area contributed by atoms with Crippen molar-refractivity contribution in [3.63, 3.8) is 0 Å². The van der Waals surface area contributed by atoms with Gasteiger partial charge in [-0.1, -0.05) is 44.2 Å². The van der Waals surface area contributed by atoms with Crippen LogP contribution in [0.25, 0.3) is 0 Å². The summed E-state index contributed by atoms with van der Waals surface area (Å²) in [5.74, 6) is -0.613. The summed E-state index contributed by atoms with van der Waals surface area (Å²) in [4.78, 5) is 24.3. The normalized spacial score (nSPS) is 13.8. The van der Waals surface area contributed by atoms with Gasteiger partial charge in [-0.2, -0.15) is 4.31 Å². The fourth-order valence-electron chi connectivity index (χ4n) is 3.65. The second-order valence-electron chi connectivity index (χ2n) is 10.2. The number of benzene rings is 2. The lowest BCUT2D eigenvalue weighted by Gasteiger charge is -2.31. The van der Waals surface area contributed by atoms with Gasteiger partial charge >= 0.3 is 12.1 Å². The summed E-state index contributed by atoms with van der Waals surface area (Å²) in [7, 11) is -2.78. The molecule has 1 unspecified atom stereocenters. The number of nitrogens with one attached hydrogen (secondary N) is 1. The zero-order chi connectivity index (χ0) is 27.8. The van der Waals surface area contributed by atoms with Crippen molar-refractivity contribution in [2.75, 3.05) is 20.2 Å². The second kappa shape index (κ2) is 13.0. The Hall–Kier alpha value is -2.95. The fourth-order valence-corrected chi connectivity index (χ4v) is 5.28. The van der Waals surface area contributed by atoms with Crippen LogP contribution in [0, 0.1) is 5.92 Å². The molecule has 0 aliphatic heterocycles. The molecule has 2 N–H and O–H groups in total. The van der Waals surface area contributed by atoms with E-state index in [0.29, 0.717) is 0 Å². The predicted octanol–water partition coefficient (Wildman–Crippen LogP) is 3.62. The molecule has 204 valence electrons. The number of aliphatic hydroxyl groups is 1. The van der Waals surface area contributed by atoms with E-state index in [1.807, 2.05) is 44.2 Å². The first-order valence-electron chi connectivity index (χ1n) is 12.1. The van der Waals surface area contributed by atoms with Crippen LogP contribution in [0.1, 0.15) is 50.5 Å². The van der Waals surface area contributed by atoms with Gasteiger partial charge in [0, 0.05) is 13.1 Å². The van der Waals surface area contributed by atoms with Gasteiger partial charge in [-0.05, 0) is 62.9 Å². The first kappa shape index (κ1) is 30.3. The van der Waals surface area contributed by atoms with E-state index in [9.17, 15) is 23.1 Å². The molecule has 0 heterocycles. The summed E-state index contributed by atoms with van der Waals surface area (Å²) >= 11 is 0. The van der Waals surface area contributed by atoms with Crippen molar-refractivity contribution in [3.05, 3.63) is 65.7 Å². The van der Waals surface area contributed by atoms with E-state index in [2.05, 4.69) is 10.1 Å². The van der Waals surface area contributed by atoms with E-state index >= 15 is 0 Å². The molecule has 2 aromatic rings. The van der Waals surface area contributed by atoms with Crippen LogP contribution in [0.3, 0.4) is 0 Å². The van der Waals surface area contributed by atoms with Gasteiger partial charge in [0.1, 0.15) is 5.60 Å². The summed E-state index contributed by atoms with van der Waals surface area (Å²) in [6, 6.07) is 13.9. The highest BCUT2D eigenvalue weighted by molar-refractivity contribution is 7.89. The lowest BCUT2D eigenvalue weighted by atomic mass is 10.0. The highest BCUT2D eigenvalue weighted by Crippen LogP contribution is 2.20. The topological polar surface area (TPSA) is 122 Å². The monoisotopic (exact) mass is 534 g/mol. The Morgan fingerprint density at radius 3 is 2.11 bits per heavy atom. The van der Waals surface area contributed by atoms with Crippen molar-refractivity contribution >= 4 is 22.1 Å². The van der Waals surface area contributed by atoms with E-state index in [1.165, 1.54) is 35.7 Å². The first-order chi connectivity index (χ1) is 17.2. The van der Waals surface area contributed by atoms with Crippen LogP contribution >= 0.6 is 0 Å². The number of rotatable bonds is 11. The Bertz CT molecular complexity index is 1130. The number of esters is 1. The molecule has 0 aliphatic carbocycles. The highest BCUT2D eigenvalue weighted by Gasteiger charge is 2.32. The molecule has 2 rings (SSSR count). The van der Waals surface area contributed by atoms with E-state index in [4.69, 9.17) is 4.74 Å². The molecule has 0 spiro atoms. The van der Waals surface area contributed by atoms with Crippen molar-refractivity contribution < 1.29 is 32.6 Å². The zero-order valence-electron chi connectivity index (χ0n) is 22.3. The molecule has 10 heteroatoms. The smallest absolute Gasteiger partial charge is 0.407 e. The van der Waals surface area contributed by atoms with Gasteiger partial charge in [0.15, 0.2) is 0 Å². The Morgan fingerprint density at radius 1 is 1.00 bits per heavy atom. The number of hydrogen-bond acceptors (Lipinski definition) is 7. The molecule has 37 heavy (non-hydrogen) atoms. The minimum absolute atomic E-state index is 0.0206. The molecule has 0 radical (unpaired) electrons. The van der Waals surface area contributed by atoms with Gasteiger partial charge in [0.05, 0.1) is 29.7 Å².